The molecule has 1 rings (SSSR count). The lowest BCUT2D eigenvalue weighted by atomic mass is 9.83. The van der Waals surface area contributed by atoms with Crippen LogP contribution in [0.4, 0.5) is 4.79 Å². The number of ether oxygens (including phenoxy) is 1. The SMILES string of the molecule is CCC(C)(C)NC1(CC(=O)O)CN(C(=O)OC(C)(C)C)C1. The molecule has 122 valence electrons. The number of carboxylic acid groups (broad SMARTS) is 1. The normalized spacial score (nSPS) is 18.1. The maximum absolute atomic E-state index is 12.0. The van der Waals surface area contributed by atoms with Crippen molar-refractivity contribution in [2.75, 3.05) is 13.1 Å². The second kappa shape index (κ2) is 5.83. The number of carbonyl (C=O) groups is 2. The van der Waals surface area contributed by atoms with E-state index in [0.29, 0.717) is 13.1 Å². The Morgan fingerprint density at radius 3 is 2.14 bits per heavy atom. The summed E-state index contributed by atoms with van der Waals surface area (Å²) in [6.07, 6.45) is 0.482. The van der Waals surface area contributed by atoms with Gasteiger partial charge in [0.2, 0.25) is 0 Å². The Kier molecular flexibility index (Phi) is 4.93. The number of nitrogens with zero attached hydrogens (tertiary/aromatic N) is 1. The lowest BCUT2D eigenvalue weighted by molar-refractivity contribution is -0.141. The molecular formula is C15H28N2O4. The second-order valence-corrected chi connectivity index (χ2v) is 7.55. The van der Waals surface area contributed by atoms with E-state index in [2.05, 4.69) is 5.32 Å². The maximum atomic E-state index is 12.0. The molecule has 6 nitrogen and oxygen atoms in total. The fraction of sp³-hybridized carbons (Fsp3) is 0.867. The summed E-state index contributed by atoms with van der Waals surface area (Å²) in [7, 11) is 0. The van der Waals surface area contributed by atoms with Crippen LogP contribution in [-0.2, 0) is 9.53 Å². The zero-order chi connectivity index (χ0) is 16.5. The van der Waals surface area contributed by atoms with Gasteiger partial charge in [-0.05, 0) is 41.0 Å². The molecule has 1 amide bonds. The number of amides is 1. The summed E-state index contributed by atoms with van der Waals surface area (Å²) in [5.41, 5.74) is -1.28. The number of hydrogen-bond donors (Lipinski definition) is 2. The van der Waals surface area contributed by atoms with Gasteiger partial charge in [-0.2, -0.15) is 0 Å². The van der Waals surface area contributed by atoms with Gasteiger partial charge in [0.1, 0.15) is 5.60 Å². The van der Waals surface area contributed by atoms with E-state index in [1.54, 1.807) is 4.90 Å². The van der Waals surface area contributed by atoms with E-state index in [-0.39, 0.29) is 18.1 Å². The van der Waals surface area contributed by atoms with E-state index in [9.17, 15) is 9.59 Å². The lowest BCUT2D eigenvalue weighted by Gasteiger charge is -2.53. The number of carboxylic acids is 1. The Balaban J connectivity index is 2.70. The summed E-state index contributed by atoms with van der Waals surface area (Å²) in [6.45, 7) is 12.3. The number of hydrogen-bond acceptors (Lipinski definition) is 4. The van der Waals surface area contributed by atoms with E-state index >= 15 is 0 Å². The Morgan fingerprint density at radius 2 is 1.76 bits per heavy atom. The lowest BCUT2D eigenvalue weighted by Crippen LogP contribution is -2.74. The zero-order valence-corrected chi connectivity index (χ0v) is 13.9. The van der Waals surface area contributed by atoms with E-state index in [1.165, 1.54) is 0 Å². The Bertz CT molecular complexity index is 406. The minimum Gasteiger partial charge on any atom is -0.481 e. The minimum atomic E-state index is -0.863. The van der Waals surface area contributed by atoms with Crippen LogP contribution in [0.15, 0.2) is 0 Å². The van der Waals surface area contributed by atoms with Gasteiger partial charge < -0.3 is 20.1 Å². The molecule has 0 unspecified atom stereocenters. The molecule has 0 atom stereocenters. The highest BCUT2D eigenvalue weighted by atomic mass is 16.6. The largest absolute Gasteiger partial charge is 0.481 e. The number of rotatable bonds is 5. The van der Waals surface area contributed by atoms with Gasteiger partial charge in [-0.3, -0.25) is 4.79 Å². The second-order valence-electron chi connectivity index (χ2n) is 7.55. The van der Waals surface area contributed by atoms with Crippen molar-refractivity contribution in [3.05, 3.63) is 0 Å². The van der Waals surface area contributed by atoms with Crippen molar-refractivity contribution in [1.29, 1.82) is 0 Å². The van der Waals surface area contributed by atoms with Crippen molar-refractivity contribution < 1.29 is 19.4 Å². The molecule has 1 fully saturated rings. The Labute approximate surface area is 126 Å². The Hall–Kier alpha value is -1.30. The van der Waals surface area contributed by atoms with Gasteiger partial charge in [-0.25, -0.2) is 4.79 Å². The van der Waals surface area contributed by atoms with Gasteiger partial charge in [-0.15, -0.1) is 0 Å². The molecule has 0 aliphatic carbocycles. The molecule has 1 aliphatic heterocycles. The smallest absolute Gasteiger partial charge is 0.410 e. The molecule has 0 aromatic rings. The van der Waals surface area contributed by atoms with E-state index in [1.807, 2.05) is 41.5 Å². The van der Waals surface area contributed by atoms with Gasteiger partial charge in [0.15, 0.2) is 0 Å². The first-order chi connectivity index (χ1) is 9.38. The van der Waals surface area contributed by atoms with Crippen LogP contribution in [0, 0.1) is 0 Å². The summed E-state index contributed by atoms with van der Waals surface area (Å²) < 4.78 is 5.31. The molecule has 0 radical (unpaired) electrons. The van der Waals surface area contributed by atoms with Crippen molar-refractivity contribution in [3.63, 3.8) is 0 Å². The summed E-state index contributed by atoms with van der Waals surface area (Å²) in [5, 5.41) is 12.5. The molecular weight excluding hydrogens is 272 g/mol. The molecule has 1 heterocycles. The summed E-state index contributed by atoms with van der Waals surface area (Å²) in [4.78, 5) is 24.6. The van der Waals surface area contributed by atoms with Crippen LogP contribution in [0.25, 0.3) is 0 Å². The van der Waals surface area contributed by atoms with E-state index in [0.717, 1.165) is 6.42 Å². The molecule has 1 aliphatic rings. The summed E-state index contributed by atoms with van der Waals surface area (Å²) in [6, 6.07) is 0. The van der Waals surface area contributed by atoms with Crippen molar-refractivity contribution >= 4 is 12.1 Å². The third-order valence-corrected chi connectivity index (χ3v) is 3.62. The molecule has 0 saturated carbocycles. The highest BCUT2D eigenvalue weighted by molar-refractivity contribution is 5.73. The minimum absolute atomic E-state index is 0.00424. The van der Waals surface area contributed by atoms with Crippen molar-refractivity contribution in [3.8, 4) is 0 Å². The van der Waals surface area contributed by atoms with Crippen LogP contribution in [0.1, 0.15) is 54.4 Å². The number of aliphatic carboxylic acids is 1. The van der Waals surface area contributed by atoms with Gasteiger partial charge in [0.05, 0.1) is 12.0 Å². The first-order valence-electron chi connectivity index (χ1n) is 7.37. The number of likely N-dealkylation sites (tertiary alicyclic amines) is 1. The van der Waals surface area contributed by atoms with Crippen LogP contribution < -0.4 is 5.32 Å². The quantitative estimate of drug-likeness (QED) is 0.814. The first kappa shape index (κ1) is 17.8. The zero-order valence-electron chi connectivity index (χ0n) is 13.9. The van der Waals surface area contributed by atoms with Crippen LogP contribution in [0.5, 0.6) is 0 Å². The fourth-order valence-electron chi connectivity index (χ4n) is 2.47. The predicted octanol–water partition coefficient (Wildman–Crippen LogP) is 2.23. The van der Waals surface area contributed by atoms with Gasteiger partial charge in [-0.1, -0.05) is 6.92 Å². The van der Waals surface area contributed by atoms with Crippen LogP contribution in [0.3, 0.4) is 0 Å². The highest BCUT2D eigenvalue weighted by Crippen LogP contribution is 2.29. The van der Waals surface area contributed by atoms with Gasteiger partial charge in [0.25, 0.3) is 0 Å². The number of carbonyl (C=O) groups excluding carboxylic acids is 1. The topological polar surface area (TPSA) is 78.9 Å². The van der Waals surface area contributed by atoms with Crippen LogP contribution in [0.2, 0.25) is 0 Å². The van der Waals surface area contributed by atoms with Gasteiger partial charge in [0, 0.05) is 18.6 Å². The van der Waals surface area contributed by atoms with E-state index in [4.69, 9.17) is 9.84 Å². The van der Waals surface area contributed by atoms with Gasteiger partial charge >= 0.3 is 12.1 Å². The fourth-order valence-corrected chi connectivity index (χ4v) is 2.47. The average molecular weight is 300 g/mol. The molecule has 2 N–H and O–H groups in total. The van der Waals surface area contributed by atoms with Crippen LogP contribution in [-0.4, -0.2) is 51.8 Å². The molecule has 0 aromatic carbocycles. The molecule has 0 aromatic heterocycles. The molecule has 21 heavy (non-hydrogen) atoms. The highest BCUT2D eigenvalue weighted by Gasteiger charge is 2.49. The third kappa shape index (κ3) is 5.19. The monoisotopic (exact) mass is 300 g/mol. The van der Waals surface area contributed by atoms with Crippen molar-refractivity contribution in [2.24, 2.45) is 0 Å². The molecule has 0 spiro atoms. The van der Waals surface area contributed by atoms with E-state index < -0.39 is 17.1 Å². The Morgan fingerprint density at radius 1 is 1.24 bits per heavy atom. The number of nitrogens with one attached hydrogen (secondary N) is 1. The molecule has 1 saturated heterocycles. The molecule has 0 bridgehead atoms. The van der Waals surface area contributed by atoms with Crippen molar-refractivity contribution in [2.45, 2.75) is 71.1 Å². The van der Waals surface area contributed by atoms with Crippen molar-refractivity contribution in [1.82, 2.24) is 10.2 Å². The predicted molar refractivity (Wildman–Crippen MR) is 80.3 cm³/mol. The maximum Gasteiger partial charge on any atom is 0.410 e. The third-order valence-electron chi connectivity index (χ3n) is 3.62. The van der Waals surface area contributed by atoms with Crippen LogP contribution >= 0.6 is 0 Å². The molecule has 6 heteroatoms. The summed E-state index contributed by atoms with van der Waals surface area (Å²) >= 11 is 0. The first-order valence-corrected chi connectivity index (χ1v) is 7.37. The standard InChI is InChI=1S/C15H28N2O4/c1-7-14(5,6)16-15(8-11(18)19)9-17(10-15)12(20)21-13(2,3)4/h16H,7-10H2,1-6H3,(H,18,19). The summed E-state index contributed by atoms with van der Waals surface area (Å²) in [5.74, 6) is -0.863. The average Bonchev–Trinajstić information content (AvgIpc) is 2.21.